The molecule has 0 saturated carbocycles. The minimum atomic E-state index is -3.72. The molecule has 0 bridgehead atoms. The predicted octanol–water partition coefficient (Wildman–Crippen LogP) is 3.62. The van der Waals surface area contributed by atoms with Gasteiger partial charge < -0.3 is 4.90 Å². The molecule has 4 rings (SSSR count). The van der Waals surface area contributed by atoms with Crippen molar-refractivity contribution >= 4 is 38.6 Å². The Hall–Kier alpha value is -2.04. The summed E-state index contributed by atoms with van der Waals surface area (Å²) in [7, 11) is -1.81. The maximum atomic E-state index is 13.4. The van der Waals surface area contributed by atoms with Crippen molar-refractivity contribution in [3.8, 4) is 0 Å². The lowest BCUT2D eigenvalue weighted by atomic mass is 9.98. The van der Waals surface area contributed by atoms with E-state index in [1.54, 1.807) is 34.8 Å². The number of nitrogens with two attached hydrogens (primary N) is 1. The van der Waals surface area contributed by atoms with E-state index >= 15 is 0 Å². The van der Waals surface area contributed by atoms with E-state index in [1.807, 2.05) is 29.8 Å². The smallest absolute Gasteiger partial charge is 0.238 e. The molecule has 164 valence electrons. The van der Waals surface area contributed by atoms with Crippen LogP contribution in [0, 0.1) is 0 Å². The number of hydrogen-bond donors (Lipinski definition) is 1. The van der Waals surface area contributed by atoms with Gasteiger partial charge >= 0.3 is 0 Å². The summed E-state index contributed by atoms with van der Waals surface area (Å²) >= 11 is 3.44. The molecule has 0 saturated heterocycles. The number of primary sulfonamides is 1. The highest BCUT2D eigenvalue weighted by molar-refractivity contribution is 7.89. The van der Waals surface area contributed by atoms with Crippen molar-refractivity contribution in [2.45, 2.75) is 30.3 Å². The molecular formula is C22H25N3O3S3. The van der Waals surface area contributed by atoms with E-state index in [4.69, 9.17) is 5.14 Å². The number of hydrogen-bond acceptors (Lipinski definition) is 6. The first kappa shape index (κ1) is 22.2. The van der Waals surface area contributed by atoms with E-state index < -0.39 is 10.0 Å². The van der Waals surface area contributed by atoms with Gasteiger partial charge in [0.1, 0.15) is 0 Å². The molecule has 0 spiro atoms. The topological polar surface area (TPSA) is 83.7 Å². The van der Waals surface area contributed by atoms with Gasteiger partial charge in [0.15, 0.2) is 0 Å². The van der Waals surface area contributed by atoms with Crippen LogP contribution in [0.5, 0.6) is 0 Å². The third-order valence-electron chi connectivity index (χ3n) is 5.84. The van der Waals surface area contributed by atoms with Crippen LogP contribution < -0.4 is 5.14 Å². The highest BCUT2D eigenvalue weighted by Crippen LogP contribution is 2.39. The molecule has 31 heavy (non-hydrogen) atoms. The summed E-state index contributed by atoms with van der Waals surface area (Å²) in [5, 5.41) is 9.35. The van der Waals surface area contributed by atoms with Crippen molar-refractivity contribution in [1.29, 1.82) is 0 Å². The Morgan fingerprint density at radius 2 is 1.94 bits per heavy atom. The van der Waals surface area contributed by atoms with Crippen LogP contribution in [-0.4, -0.2) is 44.3 Å². The third kappa shape index (κ3) is 4.61. The zero-order valence-corrected chi connectivity index (χ0v) is 19.8. The van der Waals surface area contributed by atoms with Gasteiger partial charge in [0.05, 0.1) is 17.5 Å². The summed E-state index contributed by atoms with van der Waals surface area (Å²) in [6.45, 7) is 2.99. The van der Waals surface area contributed by atoms with Gasteiger partial charge in [0, 0.05) is 22.3 Å². The minimum absolute atomic E-state index is 0.0275. The molecule has 1 aliphatic heterocycles. The van der Waals surface area contributed by atoms with E-state index in [9.17, 15) is 13.2 Å². The average molecular weight is 476 g/mol. The number of fused-ring (bicyclic) bond motifs is 1. The maximum absolute atomic E-state index is 13.4. The molecule has 2 aromatic heterocycles. The first-order chi connectivity index (χ1) is 14.8. The molecule has 1 aromatic carbocycles. The van der Waals surface area contributed by atoms with Gasteiger partial charge in [-0.15, -0.1) is 22.7 Å². The summed E-state index contributed by atoms with van der Waals surface area (Å²) in [5.74, 6) is 0.0887. The van der Waals surface area contributed by atoms with Gasteiger partial charge in [0.2, 0.25) is 15.9 Å². The number of carbonyl (C=O) groups excluding carboxylic acids is 1. The van der Waals surface area contributed by atoms with E-state index in [-0.39, 0.29) is 29.4 Å². The van der Waals surface area contributed by atoms with E-state index in [0.29, 0.717) is 6.54 Å². The fourth-order valence-electron chi connectivity index (χ4n) is 3.97. The monoisotopic (exact) mass is 475 g/mol. The summed E-state index contributed by atoms with van der Waals surface area (Å²) in [5.41, 5.74) is 2.16. The van der Waals surface area contributed by atoms with Gasteiger partial charge in [-0.25, -0.2) is 13.6 Å². The second-order valence-electron chi connectivity index (χ2n) is 7.76. The molecule has 0 fully saturated rings. The van der Waals surface area contributed by atoms with E-state index in [2.05, 4.69) is 22.9 Å². The molecule has 1 amide bonds. The molecule has 1 aliphatic rings. The minimum Gasteiger partial charge on any atom is -0.329 e. The van der Waals surface area contributed by atoms with Crippen molar-refractivity contribution in [2.75, 3.05) is 20.1 Å². The zero-order valence-electron chi connectivity index (χ0n) is 17.4. The lowest BCUT2D eigenvalue weighted by Gasteiger charge is -2.37. The van der Waals surface area contributed by atoms with Gasteiger partial charge in [-0.2, -0.15) is 0 Å². The normalized spacial score (nSPS) is 17.5. The van der Waals surface area contributed by atoms with Crippen molar-refractivity contribution in [3.05, 3.63) is 74.1 Å². The average Bonchev–Trinajstić information content (AvgIpc) is 3.43. The van der Waals surface area contributed by atoms with Crippen LogP contribution >= 0.6 is 22.7 Å². The van der Waals surface area contributed by atoms with Gasteiger partial charge in [0.25, 0.3) is 0 Å². The number of thiophene rings is 2. The summed E-state index contributed by atoms with van der Waals surface area (Å²) in [6.07, 6.45) is 0.884. The maximum Gasteiger partial charge on any atom is 0.238 e. The summed E-state index contributed by atoms with van der Waals surface area (Å²) in [4.78, 5) is 20.0. The lowest BCUT2D eigenvalue weighted by molar-refractivity contribution is -0.134. The molecule has 3 heterocycles. The van der Waals surface area contributed by atoms with Crippen LogP contribution in [0.25, 0.3) is 0 Å². The number of nitrogens with zero attached hydrogens (tertiary/aromatic N) is 2. The number of amides is 1. The summed E-state index contributed by atoms with van der Waals surface area (Å²) in [6, 6.07) is 12.7. The van der Waals surface area contributed by atoms with Crippen molar-refractivity contribution < 1.29 is 13.2 Å². The summed E-state index contributed by atoms with van der Waals surface area (Å²) < 4.78 is 23.0. The van der Waals surface area contributed by atoms with Crippen molar-refractivity contribution in [2.24, 2.45) is 5.14 Å². The van der Waals surface area contributed by atoms with E-state index in [0.717, 1.165) is 12.0 Å². The van der Waals surface area contributed by atoms with Gasteiger partial charge in [-0.3, -0.25) is 9.69 Å². The van der Waals surface area contributed by atoms with Crippen molar-refractivity contribution in [3.63, 3.8) is 0 Å². The van der Waals surface area contributed by atoms with Crippen LogP contribution in [-0.2, 0) is 21.2 Å². The largest absolute Gasteiger partial charge is 0.329 e. The van der Waals surface area contributed by atoms with Crippen LogP contribution in [0.2, 0.25) is 0 Å². The second-order valence-corrected chi connectivity index (χ2v) is 11.3. The highest BCUT2D eigenvalue weighted by Gasteiger charge is 2.34. The number of carbonyl (C=O) groups is 1. The molecular weight excluding hydrogens is 450 g/mol. The first-order valence-electron chi connectivity index (χ1n) is 9.98. The quantitative estimate of drug-likeness (QED) is 0.590. The number of sulfonamides is 1. The Morgan fingerprint density at radius 1 is 1.19 bits per heavy atom. The fourth-order valence-corrected chi connectivity index (χ4v) is 6.24. The van der Waals surface area contributed by atoms with E-state index in [1.165, 1.54) is 27.5 Å². The molecule has 0 unspecified atom stereocenters. The number of benzene rings is 1. The zero-order chi connectivity index (χ0) is 22.2. The van der Waals surface area contributed by atoms with Gasteiger partial charge in [-0.1, -0.05) is 18.2 Å². The van der Waals surface area contributed by atoms with Crippen LogP contribution in [0.1, 0.15) is 39.9 Å². The van der Waals surface area contributed by atoms with Crippen LogP contribution in [0.4, 0.5) is 0 Å². The molecule has 2 N–H and O–H groups in total. The standard InChI is InChI=1S/C22H25N3O3S3/c1-15(16-5-7-17(8-6-16)31(23,27)28)24(2)14-21(26)25-11-9-19-18(10-13-30-19)22(25)20-4-3-12-29-20/h3-8,10,12-13,15,22H,9,11,14H2,1-2H3,(H2,23,27,28)/t15-,22+/m1/s1. The first-order valence-corrected chi connectivity index (χ1v) is 13.3. The second kappa shape index (κ2) is 8.84. The third-order valence-corrected chi connectivity index (χ3v) is 8.69. The Kier molecular flexibility index (Phi) is 6.32. The Labute approximate surface area is 191 Å². The number of likely N-dealkylation sites (N-methyl/N-ethyl adjacent to an activating group) is 1. The fraction of sp³-hybridized carbons (Fsp3) is 0.318. The van der Waals surface area contributed by atoms with Gasteiger partial charge in [-0.05, 0) is 66.5 Å². The molecule has 0 aliphatic carbocycles. The Balaban J connectivity index is 1.50. The van der Waals surface area contributed by atoms with Crippen LogP contribution in [0.3, 0.4) is 0 Å². The highest BCUT2D eigenvalue weighted by atomic mass is 32.2. The SMILES string of the molecule is C[C@H](c1ccc(S(N)(=O)=O)cc1)N(C)CC(=O)N1CCc2sccc2[C@H]1c1cccs1. The Bertz CT molecular complexity index is 1150. The van der Waals surface area contributed by atoms with Crippen LogP contribution in [0.15, 0.2) is 58.1 Å². The lowest BCUT2D eigenvalue weighted by Crippen LogP contribution is -2.44. The molecule has 3 aromatic rings. The molecule has 9 heteroatoms. The van der Waals surface area contributed by atoms with Crippen molar-refractivity contribution in [1.82, 2.24) is 9.80 Å². The molecule has 0 radical (unpaired) electrons. The molecule has 6 nitrogen and oxygen atoms in total. The Morgan fingerprint density at radius 3 is 2.58 bits per heavy atom. The number of rotatable bonds is 6. The predicted molar refractivity (Wildman–Crippen MR) is 125 cm³/mol. The molecule has 2 atom stereocenters.